The molecular formula is C13H15BrN2S. The van der Waals surface area contributed by atoms with Crippen LogP contribution in [0.25, 0.3) is 0 Å². The van der Waals surface area contributed by atoms with Crippen molar-refractivity contribution in [3.63, 3.8) is 0 Å². The van der Waals surface area contributed by atoms with Crippen molar-refractivity contribution in [2.45, 2.75) is 19.9 Å². The van der Waals surface area contributed by atoms with E-state index in [2.05, 4.69) is 64.8 Å². The van der Waals surface area contributed by atoms with Crippen LogP contribution in [-0.2, 0) is 0 Å². The fraction of sp³-hybridized carbons (Fsp3) is 0.231. The summed E-state index contributed by atoms with van der Waals surface area (Å²) in [6.07, 6.45) is 0. The van der Waals surface area contributed by atoms with Gasteiger partial charge in [0.2, 0.25) is 0 Å². The molecule has 0 saturated heterocycles. The molecule has 0 amide bonds. The number of hydrogen-bond acceptors (Lipinski definition) is 3. The Balaban J connectivity index is 2.49. The summed E-state index contributed by atoms with van der Waals surface area (Å²) in [4.78, 5) is 1.21. The van der Waals surface area contributed by atoms with Crippen LogP contribution in [0.3, 0.4) is 0 Å². The molecule has 0 radical (unpaired) electrons. The van der Waals surface area contributed by atoms with Crippen LogP contribution in [0.5, 0.6) is 0 Å². The molecule has 1 unspecified atom stereocenters. The first-order valence-electron chi connectivity index (χ1n) is 5.39. The van der Waals surface area contributed by atoms with Crippen LogP contribution >= 0.6 is 27.3 Å². The Hall–Kier alpha value is -0.680. The summed E-state index contributed by atoms with van der Waals surface area (Å²) >= 11 is 5.27. The number of nitrogens with one attached hydrogen (secondary N) is 1. The number of benzene rings is 1. The summed E-state index contributed by atoms with van der Waals surface area (Å²) in [5.74, 6) is 5.72. The molecule has 1 aromatic carbocycles. The van der Waals surface area contributed by atoms with Crippen molar-refractivity contribution in [1.29, 1.82) is 0 Å². The topological polar surface area (TPSA) is 38.0 Å². The lowest BCUT2D eigenvalue weighted by molar-refractivity contribution is 0.641. The van der Waals surface area contributed by atoms with Crippen molar-refractivity contribution in [3.8, 4) is 0 Å². The van der Waals surface area contributed by atoms with Crippen LogP contribution in [0, 0.1) is 13.8 Å². The second kappa shape index (κ2) is 5.31. The average Bonchev–Trinajstić information content (AvgIpc) is 2.71. The Labute approximate surface area is 114 Å². The molecule has 17 heavy (non-hydrogen) atoms. The van der Waals surface area contributed by atoms with Gasteiger partial charge in [-0.05, 0) is 52.4 Å². The van der Waals surface area contributed by atoms with Crippen LogP contribution in [0.1, 0.15) is 27.6 Å². The zero-order valence-electron chi connectivity index (χ0n) is 9.83. The van der Waals surface area contributed by atoms with Gasteiger partial charge < -0.3 is 0 Å². The van der Waals surface area contributed by atoms with E-state index in [0.29, 0.717) is 0 Å². The Morgan fingerprint density at radius 2 is 2.06 bits per heavy atom. The van der Waals surface area contributed by atoms with E-state index in [1.807, 2.05) is 0 Å². The van der Waals surface area contributed by atoms with Crippen LogP contribution in [0.15, 0.2) is 34.1 Å². The van der Waals surface area contributed by atoms with E-state index >= 15 is 0 Å². The number of nitrogens with two attached hydrogens (primary N) is 1. The fourth-order valence-corrected chi connectivity index (χ4v) is 3.57. The number of rotatable bonds is 3. The van der Waals surface area contributed by atoms with Crippen molar-refractivity contribution >= 4 is 27.3 Å². The molecule has 1 heterocycles. The van der Waals surface area contributed by atoms with E-state index in [9.17, 15) is 0 Å². The molecule has 1 atom stereocenters. The number of aryl methyl sites for hydroxylation is 2. The molecule has 90 valence electrons. The Kier molecular flexibility index (Phi) is 3.99. The highest BCUT2D eigenvalue weighted by Gasteiger charge is 2.18. The van der Waals surface area contributed by atoms with Crippen LogP contribution < -0.4 is 11.3 Å². The van der Waals surface area contributed by atoms with E-state index in [1.54, 1.807) is 11.3 Å². The number of hydrogen-bond donors (Lipinski definition) is 2. The number of halogens is 1. The lowest BCUT2D eigenvalue weighted by atomic mass is 9.98. The third-order valence-corrected chi connectivity index (χ3v) is 4.76. The third kappa shape index (κ3) is 2.60. The number of thiophene rings is 1. The molecule has 2 aromatic rings. The van der Waals surface area contributed by atoms with Crippen LogP contribution in [0.2, 0.25) is 0 Å². The van der Waals surface area contributed by atoms with Crippen molar-refractivity contribution in [3.05, 3.63) is 55.7 Å². The largest absolute Gasteiger partial charge is 0.271 e. The quantitative estimate of drug-likeness (QED) is 0.670. The van der Waals surface area contributed by atoms with Gasteiger partial charge in [0.1, 0.15) is 0 Å². The molecule has 0 aliphatic heterocycles. The van der Waals surface area contributed by atoms with Crippen molar-refractivity contribution in [1.82, 2.24) is 5.43 Å². The summed E-state index contributed by atoms with van der Waals surface area (Å²) < 4.78 is 1.10. The summed E-state index contributed by atoms with van der Waals surface area (Å²) in [5, 5.41) is 2.06. The Bertz CT molecular complexity index is 522. The predicted molar refractivity (Wildman–Crippen MR) is 77.1 cm³/mol. The summed E-state index contributed by atoms with van der Waals surface area (Å²) in [5.41, 5.74) is 6.64. The monoisotopic (exact) mass is 310 g/mol. The second-order valence-electron chi connectivity index (χ2n) is 4.09. The van der Waals surface area contributed by atoms with Crippen molar-refractivity contribution < 1.29 is 0 Å². The first kappa shape index (κ1) is 12.8. The zero-order valence-corrected chi connectivity index (χ0v) is 12.2. The highest BCUT2D eigenvalue weighted by Crippen LogP contribution is 2.34. The average molecular weight is 311 g/mol. The van der Waals surface area contributed by atoms with Gasteiger partial charge in [-0.3, -0.25) is 5.84 Å². The summed E-state index contributed by atoms with van der Waals surface area (Å²) in [6.45, 7) is 4.21. The van der Waals surface area contributed by atoms with Crippen LogP contribution in [0.4, 0.5) is 0 Å². The normalized spacial score (nSPS) is 12.7. The second-order valence-corrected chi connectivity index (χ2v) is 5.89. The standard InChI is InChI=1S/C13H15BrN2S/c1-8-3-4-9(2)10(7-8)12(16-15)13-11(14)5-6-17-13/h3-7,12,16H,15H2,1-2H3. The molecule has 1 aromatic heterocycles. The van der Waals surface area contributed by atoms with Crippen molar-refractivity contribution in [2.24, 2.45) is 5.84 Å². The molecule has 2 nitrogen and oxygen atoms in total. The molecule has 0 bridgehead atoms. The van der Waals surface area contributed by atoms with Gasteiger partial charge in [-0.25, -0.2) is 5.43 Å². The fourth-order valence-electron chi connectivity index (χ4n) is 1.89. The first-order chi connectivity index (χ1) is 8.13. The third-order valence-electron chi connectivity index (χ3n) is 2.82. The van der Waals surface area contributed by atoms with Gasteiger partial charge in [0, 0.05) is 9.35 Å². The molecule has 0 spiro atoms. The van der Waals surface area contributed by atoms with E-state index in [0.717, 1.165) is 4.47 Å². The van der Waals surface area contributed by atoms with E-state index < -0.39 is 0 Å². The van der Waals surface area contributed by atoms with Gasteiger partial charge in [-0.1, -0.05) is 23.8 Å². The number of hydrazine groups is 1. The lowest BCUT2D eigenvalue weighted by Crippen LogP contribution is -2.29. The maximum absolute atomic E-state index is 5.72. The first-order valence-corrected chi connectivity index (χ1v) is 7.07. The molecule has 0 saturated carbocycles. The van der Waals surface area contributed by atoms with Gasteiger partial charge in [-0.2, -0.15) is 0 Å². The van der Waals surface area contributed by atoms with Crippen molar-refractivity contribution in [2.75, 3.05) is 0 Å². The van der Waals surface area contributed by atoms with E-state index in [-0.39, 0.29) is 6.04 Å². The molecular weight excluding hydrogens is 296 g/mol. The van der Waals surface area contributed by atoms with E-state index in [1.165, 1.54) is 21.6 Å². The summed E-state index contributed by atoms with van der Waals surface area (Å²) in [6, 6.07) is 8.54. The maximum Gasteiger partial charge on any atom is 0.0816 e. The van der Waals surface area contributed by atoms with E-state index in [4.69, 9.17) is 5.84 Å². The molecule has 0 aliphatic carbocycles. The Morgan fingerprint density at radius 1 is 1.29 bits per heavy atom. The zero-order chi connectivity index (χ0) is 12.4. The van der Waals surface area contributed by atoms with Gasteiger partial charge in [0.05, 0.1) is 6.04 Å². The maximum atomic E-state index is 5.72. The molecule has 3 N–H and O–H groups in total. The van der Waals surface area contributed by atoms with Gasteiger partial charge in [0.15, 0.2) is 0 Å². The molecule has 0 aliphatic rings. The Morgan fingerprint density at radius 3 is 2.65 bits per heavy atom. The lowest BCUT2D eigenvalue weighted by Gasteiger charge is -2.18. The van der Waals surface area contributed by atoms with Gasteiger partial charge in [-0.15, -0.1) is 11.3 Å². The minimum atomic E-state index is 0.0456. The minimum absolute atomic E-state index is 0.0456. The molecule has 4 heteroatoms. The van der Waals surface area contributed by atoms with Crippen LogP contribution in [-0.4, -0.2) is 0 Å². The predicted octanol–water partition coefficient (Wildman–Crippen LogP) is 3.68. The van der Waals surface area contributed by atoms with Gasteiger partial charge >= 0.3 is 0 Å². The summed E-state index contributed by atoms with van der Waals surface area (Å²) in [7, 11) is 0. The smallest absolute Gasteiger partial charge is 0.0816 e. The highest BCUT2D eigenvalue weighted by atomic mass is 79.9. The molecule has 2 rings (SSSR count). The SMILES string of the molecule is Cc1ccc(C)c(C(NN)c2sccc2Br)c1. The van der Waals surface area contributed by atoms with Gasteiger partial charge in [0.25, 0.3) is 0 Å². The highest BCUT2D eigenvalue weighted by molar-refractivity contribution is 9.10. The minimum Gasteiger partial charge on any atom is -0.271 e. The molecule has 0 fully saturated rings.